The summed E-state index contributed by atoms with van der Waals surface area (Å²) in [5.41, 5.74) is 0. The van der Waals surface area contributed by atoms with Crippen LogP contribution in [0, 0.1) is 0 Å². The molecule has 0 spiro atoms. The molecule has 172 valence electrons. The molecule has 0 aliphatic carbocycles. The average Bonchev–Trinajstić information content (AvgIpc) is 2.72. The van der Waals surface area contributed by atoms with Gasteiger partial charge in [-0.25, -0.2) is 0 Å². The van der Waals surface area contributed by atoms with Crippen molar-refractivity contribution in [1.82, 2.24) is 4.90 Å². The van der Waals surface area contributed by atoms with Gasteiger partial charge in [0.05, 0.1) is 6.10 Å². The molecule has 3 heteroatoms. The number of carbonyl (C=O) groups excluding carboxylic acids is 1. The van der Waals surface area contributed by atoms with Crippen molar-refractivity contribution >= 4 is 5.91 Å². The van der Waals surface area contributed by atoms with Gasteiger partial charge in [-0.3, -0.25) is 4.79 Å². The Morgan fingerprint density at radius 1 is 0.724 bits per heavy atom. The van der Waals surface area contributed by atoms with Gasteiger partial charge in [-0.2, -0.15) is 0 Å². The monoisotopic (exact) mass is 409 g/mol. The Bertz CT molecular complexity index is 372. The van der Waals surface area contributed by atoms with Gasteiger partial charge >= 0.3 is 0 Å². The summed E-state index contributed by atoms with van der Waals surface area (Å²) in [6.07, 6.45) is 25.9. The number of rotatable bonds is 20. The van der Waals surface area contributed by atoms with Crippen molar-refractivity contribution in [2.24, 2.45) is 0 Å². The second kappa shape index (κ2) is 19.4. The third kappa shape index (κ3) is 15.9. The predicted octanol–water partition coefficient (Wildman–Crippen LogP) is 7.40. The maximum Gasteiger partial charge on any atom is 0.222 e. The van der Waals surface area contributed by atoms with Gasteiger partial charge in [0.2, 0.25) is 5.91 Å². The SMILES string of the molecule is CCCCCCCCCCCC(O)CCCCCCCCCN1CCCCC1=O. The zero-order valence-corrected chi connectivity index (χ0v) is 19.6. The Balaban J connectivity index is 1.76. The van der Waals surface area contributed by atoms with Crippen LogP contribution in [0.15, 0.2) is 0 Å². The summed E-state index contributed by atoms with van der Waals surface area (Å²) in [6.45, 7) is 4.23. The number of piperidine rings is 1. The van der Waals surface area contributed by atoms with E-state index in [0.29, 0.717) is 5.91 Å². The van der Waals surface area contributed by atoms with Crippen LogP contribution in [0.3, 0.4) is 0 Å². The number of nitrogens with zero attached hydrogens (tertiary/aromatic N) is 1. The lowest BCUT2D eigenvalue weighted by atomic mass is 10.0. The van der Waals surface area contributed by atoms with Crippen LogP contribution in [-0.2, 0) is 4.79 Å². The molecule has 1 rings (SSSR count). The van der Waals surface area contributed by atoms with Crippen molar-refractivity contribution in [3.05, 3.63) is 0 Å². The molecular weight excluding hydrogens is 358 g/mol. The number of amides is 1. The Morgan fingerprint density at radius 3 is 1.72 bits per heavy atom. The largest absolute Gasteiger partial charge is 0.393 e. The number of carbonyl (C=O) groups is 1. The Morgan fingerprint density at radius 2 is 1.21 bits per heavy atom. The van der Waals surface area contributed by atoms with Crippen LogP contribution in [0.2, 0.25) is 0 Å². The van der Waals surface area contributed by atoms with Gasteiger partial charge in [0.25, 0.3) is 0 Å². The maximum absolute atomic E-state index is 11.7. The molecule has 3 nitrogen and oxygen atoms in total. The molecule has 1 heterocycles. The van der Waals surface area contributed by atoms with E-state index >= 15 is 0 Å². The zero-order chi connectivity index (χ0) is 21.0. The number of likely N-dealkylation sites (tertiary alicyclic amines) is 1. The average molecular weight is 410 g/mol. The van der Waals surface area contributed by atoms with Gasteiger partial charge in [0.1, 0.15) is 0 Å². The number of unbranched alkanes of at least 4 members (excludes halogenated alkanes) is 14. The zero-order valence-electron chi connectivity index (χ0n) is 19.6. The van der Waals surface area contributed by atoms with E-state index in [-0.39, 0.29) is 6.10 Å². The summed E-state index contributed by atoms with van der Waals surface area (Å²) in [7, 11) is 0. The fourth-order valence-corrected chi connectivity index (χ4v) is 4.50. The maximum atomic E-state index is 11.7. The normalized spacial score (nSPS) is 15.8. The summed E-state index contributed by atoms with van der Waals surface area (Å²) in [4.78, 5) is 13.8. The van der Waals surface area contributed by atoms with Gasteiger partial charge in [0, 0.05) is 19.5 Å². The highest BCUT2D eigenvalue weighted by Crippen LogP contribution is 2.16. The molecule has 29 heavy (non-hydrogen) atoms. The molecule has 1 aliphatic rings. The van der Waals surface area contributed by atoms with Crippen LogP contribution >= 0.6 is 0 Å². The van der Waals surface area contributed by atoms with E-state index in [1.807, 2.05) is 0 Å². The van der Waals surface area contributed by atoms with Crippen molar-refractivity contribution < 1.29 is 9.90 Å². The van der Waals surface area contributed by atoms with Crippen molar-refractivity contribution in [1.29, 1.82) is 0 Å². The highest BCUT2D eigenvalue weighted by molar-refractivity contribution is 5.76. The highest BCUT2D eigenvalue weighted by atomic mass is 16.3. The second-order valence-electron chi connectivity index (χ2n) is 9.37. The Hall–Kier alpha value is -0.570. The van der Waals surface area contributed by atoms with Crippen molar-refractivity contribution in [2.75, 3.05) is 13.1 Å². The third-order valence-corrected chi connectivity index (χ3v) is 6.53. The summed E-state index contributed by atoms with van der Waals surface area (Å²) >= 11 is 0. The summed E-state index contributed by atoms with van der Waals surface area (Å²) in [6, 6.07) is 0. The lowest BCUT2D eigenvalue weighted by molar-refractivity contribution is -0.133. The fraction of sp³-hybridized carbons (Fsp3) is 0.962. The highest BCUT2D eigenvalue weighted by Gasteiger charge is 2.16. The molecule has 1 unspecified atom stereocenters. The molecule has 1 aliphatic heterocycles. The van der Waals surface area contributed by atoms with Gasteiger partial charge in [-0.1, -0.05) is 103 Å². The van der Waals surface area contributed by atoms with E-state index in [0.717, 1.165) is 38.8 Å². The predicted molar refractivity (Wildman–Crippen MR) is 125 cm³/mol. The van der Waals surface area contributed by atoms with Gasteiger partial charge in [-0.15, -0.1) is 0 Å². The van der Waals surface area contributed by atoms with Crippen LogP contribution in [0.1, 0.15) is 142 Å². The first-order valence-corrected chi connectivity index (χ1v) is 13.2. The van der Waals surface area contributed by atoms with Crippen LogP contribution in [0.4, 0.5) is 0 Å². The first kappa shape index (κ1) is 26.5. The third-order valence-electron chi connectivity index (χ3n) is 6.53. The molecule has 0 aromatic heterocycles. The summed E-state index contributed by atoms with van der Waals surface area (Å²) < 4.78 is 0. The van der Waals surface area contributed by atoms with Crippen LogP contribution in [0.25, 0.3) is 0 Å². The molecule has 1 atom stereocenters. The van der Waals surface area contributed by atoms with Gasteiger partial charge < -0.3 is 10.0 Å². The summed E-state index contributed by atoms with van der Waals surface area (Å²) in [5.74, 6) is 0.372. The smallest absolute Gasteiger partial charge is 0.222 e. The minimum Gasteiger partial charge on any atom is -0.393 e. The van der Waals surface area contributed by atoms with Crippen LogP contribution < -0.4 is 0 Å². The number of hydrogen-bond donors (Lipinski definition) is 1. The van der Waals surface area contributed by atoms with Crippen LogP contribution in [0.5, 0.6) is 0 Å². The molecule has 0 aromatic rings. The first-order valence-electron chi connectivity index (χ1n) is 13.2. The standard InChI is InChI=1S/C26H51NO2/c1-2-3-4-5-6-7-9-12-15-20-25(28)21-16-13-10-8-11-14-18-23-27-24-19-17-22-26(27)29/h25,28H,2-24H2,1H3. The molecule has 1 fully saturated rings. The van der Waals surface area contributed by atoms with Crippen LogP contribution in [-0.4, -0.2) is 35.1 Å². The van der Waals surface area contributed by atoms with Crippen molar-refractivity contribution in [3.63, 3.8) is 0 Å². The minimum absolute atomic E-state index is 0.0679. The van der Waals surface area contributed by atoms with E-state index in [2.05, 4.69) is 11.8 Å². The van der Waals surface area contributed by atoms with E-state index in [1.54, 1.807) is 0 Å². The molecule has 0 aromatic carbocycles. The molecule has 0 radical (unpaired) electrons. The Labute approximate surface area is 182 Å². The molecule has 0 bridgehead atoms. The van der Waals surface area contributed by atoms with Crippen molar-refractivity contribution in [2.45, 2.75) is 148 Å². The van der Waals surface area contributed by atoms with Gasteiger partial charge in [0.15, 0.2) is 0 Å². The molecule has 0 saturated carbocycles. The number of aliphatic hydroxyl groups is 1. The minimum atomic E-state index is -0.0679. The molecule has 1 saturated heterocycles. The van der Waals surface area contributed by atoms with E-state index < -0.39 is 0 Å². The number of aliphatic hydroxyl groups excluding tert-OH is 1. The molecule has 1 amide bonds. The fourth-order valence-electron chi connectivity index (χ4n) is 4.50. The summed E-state index contributed by atoms with van der Waals surface area (Å²) in [5, 5.41) is 10.1. The lowest BCUT2D eigenvalue weighted by Crippen LogP contribution is -2.35. The molecular formula is C26H51NO2. The van der Waals surface area contributed by atoms with Gasteiger partial charge in [-0.05, 0) is 32.1 Å². The second-order valence-corrected chi connectivity index (χ2v) is 9.37. The van der Waals surface area contributed by atoms with E-state index in [1.165, 1.54) is 109 Å². The topological polar surface area (TPSA) is 40.5 Å². The van der Waals surface area contributed by atoms with Crippen molar-refractivity contribution in [3.8, 4) is 0 Å². The first-order chi connectivity index (χ1) is 14.2. The van der Waals surface area contributed by atoms with E-state index in [4.69, 9.17) is 0 Å². The Kier molecular flexibility index (Phi) is 17.7. The lowest BCUT2D eigenvalue weighted by Gasteiger charge is -2.26. The quantitative estimate of drug-likeness (QED) is 0.213. The number of hydrogen-bond acceptors (Lipinski definition) is 2. The molecule has 1 N–H and O–H groups in total. The van der Waals surface area contributed by atoms with E-state index in [9.17, 15) is 9.90 Å².